The topological polar surface area (TPSA) is 75.5 Å². The molecule has 0 saturated heterocycles. The Morgan fingerprint density at radius 2 is 1.75 bits per heavy atom. The third-order valence-electron chi connectivity index (χ3n) is 7.61. The van der Waals surface area contributed by atoms with Crippen LogP contribution in [0.4, 0.5) is 5.95 Å². The maximum absolute atomic E-state index is 11.5. The van der Waals surface area contributed by atoms with Crippen LogP contribution in [0.15, 0.2) is 60.8 Å². The van der Waals surface area contributed by atoms with Gasteiger partial charge in [-0.1, -0.05) is 31.9 Å². The highest BCUT2D eigenvalue weighted by molar-refractivity contribution is 5.87. The van der Waals surface area contributed by atoms with Crippen LogP contribution in [0, 0.1) is 5.92 Å². The second kappa shape index (κ2) is 11.1. The molecule has 0 unspecified atom stereocenters. The molecule has 2 aliphatic rings. The Bertz CT molecular complexity index is 1170. The zero-order chi connectivity index (χ0) is 24.9. The van der Waals surface area contributed by atoms with Gasteiger partial charge in [-0.25, -0.2) is 14.8 Å². The van der Waals surface area contributed by atoms with Crippen LogP contribution in [0.25, 0.3) is 11.3 Å². The van der Waals surface area contributed by atoms with E-state index < -0.39 is 5.97 Å². The maximum Gasteiger partial charge on any atom is 0.335 e. The predicted octanol–water partition coefficient (Wildman–Crippen LogP) is 6.75. The third kappa shape index (κ3) is 5.86. The first-order chi connectivity index (χ1) is 17.5. The highest BCUT2D eigenvalue weighted by Gasteiger charge is 2.25. The van der Waals surface area contributed by atoms with E-state index in [0.717, 1.165) is 54.2 Å². The number of ether oxygens (including phenoxy) is 1. The molecule has 2 fully saturated rings. The molecular formula is C30H35N3O3. The molecule has 1 heterocycles. The standard InChI is InChI=1S/C30H35N3O3/c1-21-9-13-26(14-10-21)36-27-15-11-23(12-16-27)28-17-18-31-30(32-28)33(25-7-2-3-8-25)20-22-5-4-6-24(19-22)29(34)35/h4-6,11-12,15-19,21,25-26H,2-3,7-10,13-14,20H2,1H3,(H,34,35). The molecule has 0 atom stereocenters. The average Bonchev–Trinajstić information content (AvgIpc) is 3.44. The van der Waals surface area contributed by atoms with Crippen molar-refractivity contribution in [1.29, 1.82) is 0 Å². The molecule has 36 heavy (non-hydrogen) atoms. The van der Waals surface area contributed by atoms with E-state index in [1.165, 1.54) is 25.7 Å². The van der Waals surface area contributed by atoms with Crippen LogP contribution < -0.4 is 9.64 Å². The summed E-state index contributed by atoms with van der Waals surface area (Å²) in [5.41, 5.74) is 3.16. The summed E-state index contributed by atoms with van der Waals surface area (Å²) in [6.07, 6.45) is 11.5. The van der Waals surface area contributed by atoms with E-state index in [4.69, 9.17) is 9.72 Å². The van der Waals surface area contributed by atoms with Gasteiger partial charge in [0, 0.05) is 24.3 Å². The van der Waals surface area contributed by atoms with Gasteiger partial charge in [-0.05, 0) is 92.5 Å². The number of anilines is 1. The Labute approximate surface area is 213 Å². The summed E-state index contributed by atoms with van der Waals surface area (Å²) in [6.45, 7) is 2.91. The number of carboxylic acid groups (broad SMARTS) is 1. The van der Waals surface area contributed by atoms with Gasteiger partial charge in [0.2, 0.25) is 5.95 Å². The summed E-state index contributed by atoms with van der Waals surface area (Å²) in [5, 5.41) is 9.41. The lowest BCUT2D eigenvalue weighted by atomic mass is 9.89. The Morgan fingerprint density at radius 1 is 1.00 bits per heavy atom. The summed E-state index contributed by atoms with van der Waals surface area (Å²) in [5.74, 6) is 1.51. The Kier molecular flexibility index (Phi) is 7.49. The van der Waals surface area contributed by atoms with Crippen molar-refractivity contribution in [2.45, 2.75) is 77.0 Å². The summed E-state index contributed by atoms with van der Waals surface area (Å²) >= 11 is 0. The molecular weight excluding hydrogens is 450 g/mol. The van der Waals surface area contributed by atoms with Gasteiger partial charge in [0.05, 0.1) is 17.4 Å². The molecule has 0 spiro atoms. The molecule has 0 aliphatic heterocycles. The first-order valence-electron chi connectivity index (χ1n) is 13.2. The minimum Gasteiger partial charge on any atom is -0.490 e. The van der Waals surface area contributed by atoms with Crippen LogP contribution in [-0.4, -0.2) is 33.2 Å². The predicted molar refractivity (Wildman–Crippen MR) is 141 cm³/mol. The zero-order valence-electron chi connectivity index (χ0n) is 21.0. The second-order valence-electron chi connectivity index (χ2n) is 10.3. The van der Waals surface area contributed by atoms with E-state index >= 15 is 0 Å². The Balaban J connectivity index is 1.34. The fraction of sp³-hybridized carbons (Fsp3) is 0.433. The molecule has 1 N–H and O–H groups in total. The first-order valence-corrected chi connectivity index (χ1v) is 13.2. The number of hydrogen-bond donors (Lipinski definition) is 1. The SMILES string of the molecule is CC1CCC(Oc2ccc(-c3ccnc(N(Cc4cccc(C(=O)O)c4)C4CCCC4)n3)cc2)CC1. The van der Waals surface area contributed by atoms with E-state index in [9.17, 15) is 9.90 Å². The van der Waals surface area contributed by atoms with E-state index in [1.807, 2.05) is 30.5 Å². The largest absolute Gasteiger partial charge is 0.490 e. The van der Waals surface area contributed by atoms with Crippen molar-refractivity contribution in [3.8, 4) is 17.0 Å². The van der Waals surface area contributed by atoms with Gasteiger partial charge in [0.1, 0.15) is 5.75 Å². The number of aromatic nitrogens is 2. The maximum atomic E-state index is 11.5. The number of nitrogens with zero attached hydrogens (tertiary/aromatic N) is 3. The van der Waals surface area contributed by atoms with Crippen LogP contribution in [0.1, 0.15) is 74.2 Å². The summed E-state index contributed by atoms with van der Waals surface area (Å²) in [7, 11) is 0. The fourth-order valence-electron chi connectivity index (χ4n) is 5.47. The lowest BCUT2D eigenvalue weighted by molar-refractivity contribution is 0.0696. The number of benzene rings is 2. The minimum absolute atomic E-state index is 0.304. The lowest BCUT2D eigenvalue weighted by Crippen LogP contribution is -2.34. The molecule has 3 aromatic rings. The first kappa shape index (κ1) is 24.3. The average molecular weight is 486 g/mol. The van der Waals surface area contributed by atoms with Crippen LogP contribution in [-0.2, 0) is 6.54 Å². The Hall–Kier alpha value is -3.41. The van der Waals surface area contributed by atoms with Gasteiger partial charge >= 0.3 is 5.97 Å². The van der Waals surface area contributed by atoms with Crippen molar-refractivity contribution in [2.75, 3.05) is 4.90 Å². The van der Waals surface area contributed by atoms with E-state index in [0.29, 0.717) is 30.2 Å². The molecule has 0 amide bonds. The summed E-state index contributed by atoms with van der Waals surface area (Å²) < 4.78 is 6.23. The van der Waals surface area contributed by atoms with Crippen LogP contribution >= 0.6 is 0 Å². The van der Waals surface area contributed by atoms with Gasteiger partial charge < -0.3 is 14.7 Å². The van der Waals surface area contributed by atoms with Crippen molar-refractivity contribution in [3.63, 3.8) is 0 Å². The molecule has 0 radical (unpaired) electrons. The molecule has 2 aromatic carbocycles. The van der Waals surface area contributed by atoms with E-state index in [1.54, 1.807) is 18.2 Å². The Morgan fingerprint density at radius 3 is 2.47 bits per heavy atom. The third-order valence-corrected chi connectivity index (χ3v) is 7.61. The van der Waals surface area contributed by atoms with E-state index in [-0.39, 0.29) is 0 Å². The number of hydrogen-bond acceptors (Lipinski definition) is 5. The number of rotatable bonds is 8. The number of carboxylic acids is 1. The zero-order valence-corrected chi connectivity index (χ0v) is 21.0. The molecule has 2 aliphatic carbocycles. The molecule has 2 saturated carbocycles. The van der Waals surface area contributed by atoms with Crippen molar-refractivity contribution in [2.24, 2.45) is 5.92 Å². The number of carbonyl (C=O) groups is 1. The molecule has 5 rings (SSSR count). The summed E-state index contributed by atoms with van der Waals surface area (Å²) in [4.78, 5) is 23.3. The molecule has 6 heteroatoms. The van der Waals surface area contributed by atoms with Gasteiger partial charge in [0.25, 0.3) is 0 Å². The van der Waals surface area contributed by atoms with Gasteiger partial charge in [-0.3, -0.25) is 0 Å². The monoisotopic (exact) mass is 485 g/mol. The van der Waals surface area contributed by atoms with E-state index in [2.05, 4.69) is 28.9 Å². The fourth-order valence-corrected chi connectivity index (χ4v) is 5.47. The quantitative estimate of drug-likeness (QED) is 0.380. The summed E-state index contributed by atoms with van der Waals surface area (Å²) in [6, 6.07) is 17.7. The van der Waals surface area contributed by atoms with Crippen molar-refractivity contribution < 1.29 is 14.6 Å². The lowest BCUT2D eigenvalue weighted by Gasteiger charge is -2.29. The number of aromatic carboxylic acids is 1. The van der Waals surface area contributed by atoms with Crippen molar-refractivity contribution in [3.05, 3.63) is 71.9 Å². The molecule has 6 nitrogen and oxygen atoms in total. The van der Waals surface area contributed by atoms with Crippen LogP contribution in [0.2, 0.25) is 0 Å². The highest BCUT2D eigenvalue weighted by atomic mass is 16.5. The minimum atomic E-state index is -0.909. The van der Waals surface area contributed by atoms with Crippen molar-refractivity contribution in [1.82, 2.24) is 9.97 Å². The molecule has 188 valence electrons. The van der Waals surface area contributed by atoms with Gasteiger partial charge in [-0.2, -0.15) is 0 Å². The van der Waals surface area contributed by atoms with Crippen molar-refractivity contribution >= 4 is 11.9 Å². The molecule has 1 aromatic heterocycles. The smallest absolute Gasteiger partial charge is 0.335 e. The van der Waals surface area contributed by atoms with Crippen LogP contribution in [0.5, 0.6) is 5.75 Å². The normalized spacial score (nSPS) is 20.2. The highest BCUT2D eigenvalue weighted by Crippen LogP contribution is 2.31. The molecule has 0 bridgehead atoms. The second-order valence-corrected chi connectivity index (χ2v) is 10.3. The van der Waals surface area contributed by atoms with Gasteiger partial charge in [-0.15, -0.1) is 0 Å². The van der Waals surface area contributed by atoms with Gasteiger partial charge in [0.15, 0.2) is 0 Å². The van der Waals surface area contributed by atoms with Crippen LogP contribution in [0.3, 0.4) is 0 Å².